The Bertz CT molecular complexity index is 1360. The number of pyridine rings is 1. The van der Waals surface area contributed by atoms with Crippen molar-refractivity contribution in [2.24, 2.45) is 0 Å². The average Bonchev–Trinajstić information content (AvgIpc) is 3.23. The summed E-state index contributed by atoms with van der Waals surface area (Å²) in [5, 5.41) is 4.91. The van der Waals surface area contributed by atoms with Gasteiger partial charge in [0.1, 0.15) is 17.6 Å². The Kier molecular flexibility index (Phi) is 8.72. The van der Waals surface area contributed by atoms with E-state index in [4.69, 9.17) is 0 Å². The minimum absolute atomic E-state index is 0.0595. The molecule has 0 saturated carbocycles. The van der Waals surface area contributed by atoms with Gasteiger partial charge in [0.15, 0.2) is 11.6 Å². The molecule has 0 radical (unpaired) electrons. The van der Waals surface area contributed by atoms with Gasteiger partial charge in [-0.25, -0.2) is 18.6 Å². The molecule has 1 atom stereocenters. The maximum absolute atomic E-state index is 13.5. The van der Waals surface area contributed by atoms with Crippen LogP contribution in [-0.2, 0) is 20.9 Å². The number of nitrogens with zero attached hydrogens (tertiary/aromatic N) is 3. The number of methoxy groups -OCH3 is 1. The van der Waals surface area contributed by atoms with Crippen LogP contribution in [0.3, 0.4) is 0 Å². The molecule has 0 fully saturated rings. The summed E-state index contributed by atoms with van der Waals surface area (Å²) >= 11 is 0. The molecule has 2 aromatic heterocycles. The molecule has 0 aliphatic heterocycles. The maximum Gasteiger partial charge on any atom is 0.407 e. The predicted octanol–water partition coefficient (Wildman–Crippen LogP) is 2.14. The first kappa shape index (κ1) is 27.0. The quantitative estimate of drug-likeness (QED) is 0.373. The normalized spacial score (nSPS) is 11.9. The summed E-state index contributed by atoms with van der Waals surface area (Å²) in [6.45, 7) is -0.0605. The van der Waals surface area contributed by atoms with E-state index in [1.807, 2.05) is 0 Å². The maximum atomic E-state index is 13.5. The Morgan fingerprint density at radius 2 is 1.97 bits per heavy atom. The number of carbonyl (C=O) groups is 3. The van der Waals surface area contributed by atoms with Crippen LogP contribution in [0.1, 0.15) is 18.7 Å². The average molecular weight is 517 g/mol. The fraction of sp³-hybridized carbons (Fsp3) is 0.292. The number of ether oxygens (including phenoxy) is 1. The van der Waals surface area contributed by atoms with Crippen molar-refractivity contribution in [1.82, 2.24) is 24.8 Å². The molecule has 3 amide bonds. The number of anilines is 1. The van der Waals surface area contributed by atoms with Crippen LogP contribution in [0.25, 0.3) is 11.0 Å². The van der Waals surface area contributed by atoms with E-state index in [2.05, 4.69) is 25.3 Å². The number of fused-ring (bicyclic) bond motifs is 1. The molecule has 196 valence electrons. The third-order valence-corrected chi connectivity index (χ3v) is 5.29. The molecule has 2 heterocycles. The molecule has 1 aromatic carbocycles. The van der Waals surface area contributed by atoms with Crippen molar-refractivity contribution in [3.05, 3.63) is 70.4 Å². The number of nitrogens with one attached hydrogen (secondary N) is 3. The minimum Gasteiger partial charge on any atom is -0.453 e. The van der Waals surface area contributed by atoms with Crippen molar-refractivity contribution < 1.29 is 27.9 Å². The minimum atomic E-state index is -1.06. The number of allylic oxidation sites excluding steroid dienone is 1. The number of halogens is 2. The van der Waals surface area contributed by atoms with Gasteiger partial charge in [-0.05, 0) is 31.1 Å². The number of aromatic nitrogens is 3. The standard InChI is InChI=1S/C24H26F2N6O5/c1-31(2)21(33)9-5-4-7-16(30-24(36)37-3)22(34)29-17-8-6-10-32(23(17)35)13-20-27-18-11-14(25)15(26)12-19(18)28-20/h5-6,8-12,16H,4,7,13H2,1-3H3,(H,27,28)(H,29,34)(H,30,36)/b9-5+. The zero-order valence-corrected chi connectivity index (χ0v) is 20.4. The van der Waals surface area contributed by atoms with Gasteiger partial charge >= 0.3 is 6.09 Å². The lowest BCUT2D eigenvalue weighted by atomic mass is 10.1. The number of likely N-dealkylation sites (N-methyl/N-ethyl adjacent to an activating group) is 1. The third-order valence-electron chi connectivity index (χ3n) is 5.29. The third kappa shape index (κ3) is 6.99. The van der Waals surface area contributed by atoms with Crippen LogP contribution in [0.5, 0.6) is 0 Å². The highest BCUT2D eigenvalue weighted by molar-refractivity contribution is 5.96. The van der Waals surface area contributed by atoms with Gasteiger partial charge in [-0.15, -0.1) is 0 Å². The van der Waals surface area contributed by atoms with Gasteiger partial charge in [-0.2, -0.15) is 0 Å². The number of rotatable bonds is 9. The largest absolute Gasteiger partial charge is 0.453 e. The van der Waals surface area contributed by atoms with Crippen molar-refractivity contribution in [2.75, 3.05) is 26.5 Å². The highest BCUT2D eigenvalue weighted by Gasteiger charge is 2.22. The van der Waals surface area contributed by atoms with E-state index in [1.165, 1.54) is 33.9 Å². The van der Waals surface area contributed by atoms with Crippen molar-refractivity contribution >= 4 is 34.6 Å². The van der Waals surface area contributed by atoms with Gasteiger partial charge in [-0.1, -0.05) is 6.08 Å². The van der Waals surface area contributed by atoms with Crippen LogP contribution >= 0.6 is 0 Å². The van der Waals surface area contributed by atoms with Gasteiger partial charge in [0.25, 0.3) is 5.56 Å². The van der Waals surface area contributed by atoms with E-state index in [0.29, 0.717) is 0 Å². The molecule has 0 spiro atoms. The van der Waals surface area contributed by atoms with Crippen molar-refractivity contribution in [1.29, 1.82) is 0 Å². The van der Waals surface area contributed by atoms with E-state index < -0.39 is 35.2 Å². The summed E-state index contributed by atoms with van der Waals surface area (Å²) in [6.07, 6.45) is 3.96. The summed E-state index contributed by atoms with van der Waals surface area (Å²) in [6, 6.07) is 3.78. The Morgan fingerprint density at radius 3 is 2.68 bits per heavy atom. The Balaban J connectivity index is 1.74. The molecular formula is C24H26F2N6O5. The Morgan fingerprint density at radius 1 is 1.24 bits per heavy atom. The summed E-state index contributed by atoms with van der Waals surface area (Å²) in [7, 11) is 4.35. The lowest BCUT2D eigenvalue weighted by Crippen LogP contribution is -2.44. The van der Waals surface area contributed by atoms with Gasteiger partial charge in [-0.3, -0.25) is 14.4 Å². The predicted molar refractivity (Wildman–Crippen MR) is 131 cm³/mol. The monoisotopic (exact) mass is 516 g/mol. The molecule has 37 heavy (non-hydrogen) atoms. The fourth-order valence-corrected chi connectivity index (χ4v) is 3.34. The summed E-state index contributed by atoms with van der Waals surface area (Å²) in [5.74, 6) is -2.69. The van der Waals surface area contributed by atoms with Crippen LogP contribution in [-0.4, -0.2) is 64.6 Å². The molecule has 3 aromatic rings. The molecule has 11 nitrogen and oxygen atoms in total. The highest BCUT2D eigenvalue weighted by atomic mass is 19.2. The molecule has 0 saturated heterocycles. The first-order valence-electron chi connectivity index (χ1n) is 11.1. The van der Waals surface area contributed by atoms with Gasteiger partial charge in [0.05, 0.1) is 24.7 Å². The number of hydrogen-bond acceptors (Lipinski definition) is 6. The molecule has 3 N–H and O–H groups in total. The molecule has 0 bridgehead atoms. The Labute approximate surface area is 210 Å². The van der Waals surface area contributed by atoms with Crippen LogP contribution in [0.2, 0.25) is 0 Å². The van der Waals surface area contributed by atoms with Crippen LogP contribution in [0, 0.1) is 11.6 Å². The molecule has 3 rings (SSSR count). The van der Waals surface area contributed by atoms with Crippen LogP contribution in [0.4, 0.5) is 19.3 Å². The fourth-order valence-electron chi connectivity index (χ4n) is 3.34. The van der Waals surface area contributed by atoms with E-state index in [0.717, 1.165) is 19.2 Å². The summed E-state index contributed by atoms with van der Waals surface area (Å²) < 4.78 is 32.8. The number of amides is 3. The van der Waals surface area contributed by atoms with Gasteiger partial charge in [0.2, 0.25) is 11.8 Å². The number of aromatic amines is 1. The van der Waals surface area contributed by atoms with Crippen molar-refractivity contribution in [3.63, 3.8) is 0 Å². The van der Waals surface area contributed by atoms with Gasteiger partial charge in [0, 0.05) is 32.4 Å². The van der Waals surface area contributed by atoms with E-state index >= 15 is 0 Å². The van der Waals surface area contributed by atoms with Crippen LogP contribution in [0.15, 0.2) is 47.4 Å². The van der Waals surface area contributed by atoms with Crippen LogP contribution < -0.4 is 16.2 Å². The number of benzene rings is 1. The van der Waals surface area contributed by atoms with E-state index in [9.17, 15) is 28.0 Å². The van der Waals surface area contributed by atoms with E-state index in [1.54, 1.807) is 20.2 Å². The first-order valence-corrected chi connectivity index (χ1v) is 11.1. The number of hydrogen-bond donors (Lipinski definition) is 3. The number of H-pyrrole nitrogens is 1. The number of carbonyl (C=O) groups excluding carboxylic acids is 3. The second-order valence-electron chi connectivity index (χ2n) is 8.21. The lowest BCUT2D eigenvalue weighted by molar-refractivity contribution is -0.123. The second-order valence-corrected chi connectivity index (χ2v) is 8.21. The van der Waals surface area contributed by atoms with Crippen molar-refractivity contribution in [3.8, 4) is 0 Å². The number of imidazole rings is 1. The molecule has 1 unspecified atom stereocenters. The summed E-state index contributed by atoms with van der Waals surface area (Å²) in [5.41, 5.74) is -0.161. The van der Waals surface area contributed by atoms with Crippen molar-refractivity contribution in [2.45, 2.75) is 25.4 Å². The zero-order chi connectivity index (χ0) is 27.1. The van der Waals surface area contributed by atoms with Gasteiger partial charge < -0.3 is 29.8 Å². The molecule has 0 aliphatic rings. The molecular weight excluding hydrogens is 490 g/mol. The second kappa shape index (κ2) is 11.9. The lowest BCUT2D eigenvalue weighted by Gasteiger charge is -2.17. The first-order chi connectivity index (χ1) is 17.6. The number of alkyl carbamates (subject to hydrolysis) is 1. The SMILES string of the molecule is COC(=O)NC(CC/C=C/C(=O)N(C)C)C(=O)Nc1cccn(Cc2nc3cc(F)c(F)cc3[nH]2)c1=O. The van der Waals surface area contributed by atoms with E-state index in [-0.39, 0.29) is 47.8 Å². The Hall–Kier alpha value is -4.55. The molecule has 13 heteroatoms. The smallest absolute Gasteiger partial charge is 0.407 e. The topological polar surface area (TPSA) is 138 Å². The highest BCUT2D eigenvalue weighted by Crippen LogP contribution is 2.17. The summed E-state index contributed by atoms with van der Waals surface area (Å²) in [4.78, 5) is 57.6. The molecule has 0 aliphatic carbocycles. The zero-order valence-electron chi connectivity index (χ0n) is 20.4.